The number of halogens is 1. The maximum Gasteiger partial charge on any atom is 0.268 e. The number of carbonyl (C=O) groups excluding carboxylic acids is 1. The molecule has 2 aliphatic rings. The Kier molecular flexibility index (Phi) is 4.75. The summed E-state index contributed by atoms with van der Waals surface area (Å²) >= 11 is 0. The molecular formula is C23H20FN3O4S. The van der Waals surface area contributed by atoms with Crippen molar-refractivity contribution in [1.29, 1.82) is 0 Å². The number of pyridine rings is 1. The number of nitrogens with zero attached hydrogens (tertiary/aromatic N) is 2. The van der Waals surface area contributed by atoms with E-state index in [1.54, 1.807) is 6.20 Å². The Bertz CT molecular complexity index is 1340. The number of hydrogen-bond donors (Lipinski definition) is 1. The van der Waals surface area contributed by atoms with Crippen LogP contribution in [0, 0.1) is 5.82 Å². The number of hydrogen-bond acceptors (Lipinski definition) is 5. The number of benzene rings is 2. The molecule has 3 heterocycles. The summed E-state index contributed by atoms with van der Waals surface area (Å²) in [6, 6.07) is 13.3. The minimum atomic E-state index is -4.27. The third kappa shape index (κ3) is 3.43. The van der Waals surface area contributed by atoms with Crippen molar-refractivity contribution in [3.05, 3.63) is 71.7 Å². The van der Waals surface area contributed by atoms with Crippen molar-refractivity contribution in [2.24, 2.45) is 5.14 Å². The Morgan fingerprint density at radius 2 is 1.97 bits per heavy atom. The highest BCUT2D eigenvalue weighted by molar-refractivity contribution is 7.89. The van der Waals surface area contributed by atoms with E-state index in [1.165, 1.54) is 4.90 Å². The first-order chi connectivity index (χ1) is 15.2. The number of amides is 1. The average Bonchev–Trinajstić information content (AvgIpc) is 3.32. The number of sulfonamides is 1. The van der Waals surface area contributed by atoms with Crippen LogP contribution in [0.2, 0.25) is 0 Å². The van der Waals surface area contributed by atoms with Crippen LogP contribution < -0.4 is 14.8 Å². The molecule has 0 saturated carbocycles. The molecule has 2 N–H and O–H groups in total. The van der Waals surface area contributed by atoms with Gasteiger partial charge in [0.15, 0.2) is 6.10 Å². The fourth-order valence-electron chi connectivity index (χ4n) is 4.41. The Hall–Kier alpha value is -3.30. The normalized spacial score (nSPS) is 19.4. The molecule has 1 aromatic heterocycles. The van der Waals surface area contributed by atoms with Crippen LogP contribution in [0.25, 0.3) is 11.3 Å². The average molecular weight is 453 g/mol. The van der Waals surface area contributed by atoms with Gasteiger partial charge in [-0.1, -0.05) is 6.07 Å². The number of aromatic nitrogens is 1. The summed E-state index contributed by atoms with van der Waals surface area (Å²) in [5.74, 6) is -0.599. The first kappa shape index (κ1) is 20.6. The number of nitrogens with two attached hydrogens (primary N) is 1. The lowest BCUT2D eigenvalue weighted by Gasteiger charge is -2.25. The summed E-state index contributed by atoms with van der Waals surface area (Å²) in [5, 5.41) is 5.15. The number of carbonyl (C=O) groups is 1. The van der Waals surface area contributed by atoms with E-state index in [2.05, 4.69) is 4.98 Å². The first-order valence-electron chi connectivity index (χ1n) is 10.1. The van der Waals surface area contributed by atoms with E-state index in [4.69, 9.17) is 9.88 Å². The second-order valence-corrected chi connectivity index (χ2v) is 9.60. The minimum absolute atomic E-state index is 0.274. The number of fused-ring (bicyclic) bond motifs is 2. The molecule has 0 fully saturated rings. The summed E-state index contributed by atoms with van der Waals surface area (Å²) in [5.41, 5.74) is 3.55. The van der Waals surface area contributed by atoms with Crippen molar-refractivity contribution in [2.75, 3.05) is 4.90 Å². The molecule has 9 heteroatoms. The Balaban J connectivity index is 1.44. The highest BCUT2D eigenvalue weighted by Gasteiger charge is 2.39. The largest absolute Gasteiger partial charge is 0.480 e. The Labute approximate surface area is 184 Å². The van der Waals surface area contributed by atoms with Gasteiger partial charge in [0.2, 0.25) is 10.0 Å². The van der Waals surface area contributed by atoms with Gasteiger partial charge in [-0.15, -0.1) is 0 Å². The lowest BCUT2D eigenvalue weighted by atomic mass is 10.0. The monoisotopic (exact) mass is 453 g/mol. The van der Waals surface area contributed by atoms with E-state index >= 15 is 0 Å². The van der Waals surface area contributed by atoms with Crippen molar-refractivity contribution in [2.45, 2.75) is 36.8 Å². The molecule has 2 aromatic carbocycles. The van der Waals surface area contributed by atoms with Crippen LogP contribution in [0.3, 0.4) is 0 Å². The van der Waals surface area contributed by atoms with Crippen LogP contribution in [-0.2, 0) is 27.7 Å². The van der Waals surface area contributed by atoms with Crippen molar-refractivity contribution >= 4 is 21.6 Å². The molecule has 0 radical (unpaired) electrons. The van der Waals surface area contributed by atoms with Gasteiger partial charge in [-0.25, -0.2) is 17.9 Å². The number of anilines is 1. The summed E-state index contributed by atoms with van der Waals surface area (Å²) in [4.78, 5) is 18.6. The van der Waals surface area contributed by atoms with Crippen molar-refractivity contribution in [3.63, 3.8) is 0 Å². The van der Waals surface area contributed by atoms with Crippen molar-refractivity contribution in [3.8, 4) is 17.0 Å². The third-order valence-corrected chi connectivity index (χ3v) is 6.79. The minimum Gasteiger partial charge on any atom is -0.480 e. The molecule has 0 bridgehead atoms. The van der Waals surface area contributed by atoms with E-state index in [9.17, 15) is 17.6 Å². The number of rotatable bonds is 3. The van der Waals surface area contributed by atoms with Crippen molar-refractivity contribution in [1.82, 2.24) is 4.98 Å². The van der Waals surface area contributed by atoms with Crippen LogP contribution in [-0.4, -0.2) is 31.5 Å². The van der Waals surface area contributed by atoms with Gasteiger partial charge in [0.05, 0.1) is 5.69 Å². The molecule has 3 aromatic rings. The lowest BCUT2D eigenvalue weighted by Crippen LogP contribution is -2.44. The predicted molar refractivity (Wildman–Crippen MR) is 116 cm³/mol. The SMILES string of the molecule is C[C@@H]1Cc2cc(F)c(S(N)(=O)=O)cc2N1C(=O)C1Cc2cc(-c3ccccn3)ccc2O1. The Morgan fingerprint density at radius 3 is 2.69 bits per heavy atom. The van der Waals surface area contributed by atoms with Crippen molar-refractivity contribution < 1.29 is 22.3 Å². The molecule has 7 nitrogen and oxygen atoms in total. The summed E-state index contributed by atoms with van der Waals surface area (Å²) in [6.07, 6.45) is 1.74. The molecule has 0 saturated heterocycles. The van der Waals surface area contributed by atoms with Crippen LogP contribution in [0.5, 0.6) is 5.75 Å². The molecular weight excluding hydrogens is 433 g/mol. The second kappa shape index (κ2) is 7.39. The van der Waals surface area contributed by atoms with E-state index < -0.39 is 26.8 Å². The van der Waals surface area contributed by atoms with Crippen LogP contribution in [0.1, 0.15) is 18.1 Å². The molecule has 1 unspecified atom stereocenters. The van der Waals surface area contributed by atoms with E-state index in [1.807, 2.05) is 43.3 Å². The first-order valence-corrected chi connectivity index (χ1v) is 11.7. The van der Waals surface area contributed by atoms with Gasteiger partial charge in [0, 0.05) is 29.9 Å². The molecule has 2 aliphatic heterocycles. The van der Waals surface area contributed by atoms with Gasteiger partial charge in [0.1, 0.15) is 16.5 Å². The topological polar surface area (TPSA) is 103 Å². The molecule has 0 spiro atoms. The van der Waals surface area contributed by atoms with Gasteiger partial charge < -0.3 is 9.64 Å². The van der Waals surface area contributed by atoms with Crippen LogP contribution >= 0.6 is 0 Å². The van der Waals surface area contributed by atoms with Gasteiger partial charge >= 0.3 is 0 Å². The number of ether oxygens (including phenoxy) is 1. The maximum absolute atomic E-state index is 14.3. The zero-order chi connectivity index (χ0) is 22.6. The molecule has 5 rings (SSSR count). The lowest BCUT2D eigenvalue weighted by molar-refractivity contribution is -0.124. The quantitative estimate of drug-likeness (QED) is 0.657. The number of primary sulfonamides is 1. The van der Waals surface area contributed by atoms with Gasteiger partial charge in [-0.3, -0.25) is 9.78 Å². The predicted octanol–water partition coefficient (Wildman–Crippen LogP) is 2.82. The fraction of sp³-hybridized carbons (Fsp3) is 0.217. The van der Waals surface area contributed by atoms with Crippen LogP contribution in [0.15, 0.2) is 59.6 Å². The summed E-state index contributed by atoms with van der Waals surface area (Å²) in [6.45, 7) is 1.83. The van der Waals surface area contributed by atoms with Gasteiger partial charge in [-0.05, 0) is 66.9 Å². The van der Waals surface area contributed by atoms with Crippen LogP contribution in [0.4, 0.5) is 10.1 Å². The van der Waals surface area contributed by atoms with Gasteiger partial charge in [0.25, 0.3) is 5.91 Å². The second-order valence-electron chi connectivity index (χ2n) is 8.07. The summed E-state index contributed by atoms with van der Waals surface area (Å²) in [7, 11) is -4.27. The maximum atomic E-state index is 14.3. The molecule has 1 amide bonds. The van der Waals surface area contributed by atoms with E-state index in [-0.39, 0.29) is 11.9 Å². The van der Waals surface area contributed by atoms with E-state index in [0.29, 0.717) is 29.8 Å². The zero-order valence-corrected chi connectivity index (χ0v) is 18.0. The molecule has 164 valence electrons. The standard InChI is InChI=1S/C23H20FN3O4S/c1-13-8-15-10-17(24)22(32(25,29)30)12-19(15)27(13)23(28)21-11-16-9-14(5-6-20(16)31-21)18-4-2-3-7-26-18/h2-7,9-10,12-13,21H,8,11H2,1H3,(H2,25,29,30)/t13-,21?/m1/s1. The Morgan fingerprint density at radius 1 is 1.16 bits per heavy atom. The molecule has 0 aliphatic carbocycles. The van der Waals surface area contributed by atoms with E-state index in [0.717, 1.165) is 29.0 Å². The molecule has 32 heavy (non-hydrogen) atoms. The zero-order valence-electron chi connectivity index (χ0n) is 17.2. The fourth-order valence-corrected chi connectivity index (χ4v) is 5.01. The summed E-state index contributed by atoms with van der Waals surface area (Å²) < 4.78 is 43.7. The highest BCUT2D eigenvalue weighted by Crippen LogP contribution is 2.38. The molecule has 2 atom stereocenters. The third-order valence-electron chi connectivity index (χ3n) is 5.86. The highest BCUT2D eigenvalue weighted by atomic mass is 32.2. The van der Waals surface area contributed by atoms with Gasteiger partial charge in [-0.2, -0.15) is 0 Å². The smallest absolute Gasteiger partial charge is 0.268 e.